The molecule has 1 amide bonds. The van der Waals surface area contributed by atoms with Crippen molar-refractivity contribution in [2.45, 2.75) is 33.1 Å². The number of hydrogen-bond donors (Lipinski definition) is 1. The summed E-state index contributed by atoms with van der Waals surface area (Å²) in [6.45, 7) is 3.94. The topological polar surface area (TPSA) is 59.1 Å². The molecule has 0 fully saturated rings. The van der Waals surface area contributed by atoms with E-state index in [1.165, 1.54) is 16.9 Å². The van der Waals surface area contributed by atoms with Crippen LogP contribution in [0, 0.1) is 6.92 Å². The SMILES string of the molecule is CCc1ccc(C(=O)CCC(=O)Nc2nc(C)cs2)cc1. The lowest BCUT2D eigenvalue weighted by Gasteiger charge is -2.03. The van der Waals surface area contributed by atoms with Gasteiger partial charge in [0.25, 0.3) is 0 Å². The number of benzene rings is 1. The zero-order chi connectivity index (χ0) is 15.2. The predicted octanol–water partition coefficient (Wildman–Crippen LogP) is 3.62. The van der Waals surface area contributed by atoms with Crippen LogP contribution >= 0.6 is 11.3 Å². The third kappa shape index (κ3) is 4.49. The summed E-state index contributed by atoms with van der Waals surface area (Å²) in [5, 5.41) is 5.16. The summed E-state index contributed by atoms with van der Waals surface area (Å²) >= 11 is 1.38. The summed E-state index contributed by atoms with van der Waals surface area (Å²) in [5.41, 5.74) is 2.73. The van der Waals surface area contributed by atoms with Gasteiger partial charge in [-0.2, -0.15) is 0 Å². The standard InChI is InChI=1S/C16H18N2O2S/c1-3-12-4-6-13(7-5-12)14(19)8-9-15(20)18-16-17-11(2)10-21-16/h4-7,10H,3,8-9H2,1-2H3,(H,17,18,20). The molecule has 0 aliphatic heterocycles. The molecule has 0 radical (unpaired) electrons. The molecule has 2 aromatic rings. The highest BCUT2D eigenvalue weighted by molar-refractivity contribution is 7.13. The molecule has 1 heterocycles. The number of anilines is 1. The van der Waals surface area contributed by atoms with Crippen molar-refractivity contribution in [2.75, 3.05) is 5.32 Å². The number of aryl methyl sites for hydroxylation is 2. The van der Waals surface area contributed by atoms with E-state index in [4.69, 9.17) is 0 Å². The van der Waals surface area contributed by atoms with Gasteiger partial charge in [-0.3, -0.25) is 9.59 Å². The number of ketones is 1. The van der Waals surface area contributed by atoms with Gasteiger partial charge in [-0.1, -0.05) is 31.2 Å². The van der Waals surface area contributed by atoms with Crippen LogP contribution in [0.3, 0.4) is 0 Å². The minimum atomic E-state index is -0.178. The molecule has 1 aromatic heterocycles. The van der Waals surface area contributed by atoms with Crippen molar-refractivity contribution >= 4 is 28.2 Å². The number of thiazole rings is 1. The second kappa shape index (κ2) is 7.13. The van der Waals surface area contributed by atoms with Crippen molar-refractivity contribution in [3.8, 4) is 0 Å². The van der Waals surface area contributed by atoms with E-state index in [1.54, 1.807) is 0 Å². The van der Waals surface area contributed by atoms with E-state index in [2.05, 4.69) is 17.2 Å². The molecular formula is C16H18N2O2S. The quantitative estimate of drug-likeness (QED) is 0.829. The summed E-state index contributed by atoms with van der Waals surface area (Å²) in [5.74, 6) is -0.189. The Bertz CT molecular complexity index is 632. The number of carbonyl (C=O) groups excluding carboxylic acids is 2. The van der Waals surface area contributed by atoms with Crippen LogP contribution in [0.25, 0.3) is 0 Å². The Morgan fingerprint density at radius 3 is 2.48 bits per heavy atom. The maximum Gasteiger partial charge on any atom is 0.226 e. The van der Waals surface area contributed by atoms with Gasteiger partial charge in [-0.25, -0.2) is 4.98 Å². The highest BCUT2D eigenvalue weighted by Crippen LogP contribution is 2.15. The van der Waals surface area contributed by atoms with Gasteiger partial charge in [0, 0.05) is 23.8 Å². The fraction of sp³-hybridized carbons (Fsp3) is 0.312. The molecule has 0 aliphatic carbocycles. The number of nitrogens with zero attached hydrogens (tertiary/aromatic N) is 1. The average molecular weight is 302 g/mol. The summed E-state index contributed by atoms with van der Waals surface area (Å²) in [7, 11) is 0. The number of hydrogen-bond acceptors (Lipinski definition) is 4. The van der Waals surface area contributed by atoms with E-state index in [0.717, 1.165) is 12.1 Å². The number of amides is 1. The van der Waals surface area contributed by atoms with Crippen molar-refractivity contribution < 1.29 is 9.59 Å². The van der Waals surface area contributed by atoms with Crippen LogP contribution in [-0.4, -0.2) is 16.7 Å². The first-order valence-electron chi connectivity index (χ1n) is 6.92. The monoisotopic (exact) mass is 302 g/mol. The Morgan fingerprint density at radius 2 is 1.90 bits per heavy atom. The number of carbonyl (C=O) groups is 2. The van der Waals surface area contributed by atoms with Crippen molar-refractivity contribution in [3.05, 3.63) is 46.5 Å². The molecule has 0 saturated heterocycles. The van der Waals surface area contributed by atoms with Crippen LogP contribution < -0.4 is 5.32 Å². The van der Waals surface area contributed by atoms with Gasteiger partial charge >= 0.3 is 0 Å². The number of rotatable bonds is 6. The Kier molecular flexibility index (Phi) is 5.22. The smallest absolute Gasteiger partial charge is 0.226 e. The zero-order valence-electron chi connectivity index (χ0n) is 12.2. The molecule has 2 rings (SSSR count). The van der Waals surface area contributed by atoms with Crippen LogP contribution in [0.4, 0.5) is 5.13 Å². The van der Waals surface area contributed by atoms with Gasteiger partial charge in [0.1, 0.15) is 0 Å². The van der Waals surface area contributed by atoms with Gasteiger partial charge < -0.3 is 5.32 Å². The summed E-state index contributed by atoms with van der Waals surface area (Å²) in [6, 6.07) is 7.55. The van der Waals surface area contributed by atoms with Gasteiger partial charge in [-0.15, -0.1) is 11.3 Å². The minimum Gasteiger partial charge on any atom is -0.302 e. The lowest BCUT2D eigenvalue weighted by Crippen LogP contribution is -2.13. The first-order chi connectivity index (χ1) is 10.1. The fourth-order valence-electron chi connectivity index (χ4n) is 1.89. The maximum absolute atomic E-state index is 12.0. The second-order valence-electron chi connectivity index (χ2n) is 4.82. The molecule has 21 heavy (non-hydrogen) atoms. The number of Topliss-reactive ketones (excluding diaryl/α,β-unsaturated/α-hetero) is 1. The van der Waals surface area contributed by atoms with Crippen LogP contribution in [0.1, 0.15) is 41.4 Å². The highest BCUT2D eigenvalue weighted by atomic mass is 32.1. The third-order valence-corrected chi connectivity index (χ3v) is 4.00. The first kappa shape index (κ1) is 15.4. The van der Waals surface area contributed by atoms with Crippen LogP contribution in [0.2, 0.25) is 0 Å². The molecule has 0 unspecified atom stereocenters. The largest absolute Gasteiger partial charge is 0.302 e. The molecule has 0 bridgehead atoms. The summed E-state index contributed by atoms with van der Waals surface area (Å²) < 4.78 is 0. The molecule has 1 N–H and O–H groups in total. The highest BCUT2D eigenvalue weighted by Gasteiger charge is 2.10. The van der Waals surface area contributed by atoms with Gasteiger partial charge in [-0.05, 0) is 18.9 Å². The van der Waals surface area contributed by atoms with Crippen molar-refractivity contribution in [1.82, 2.24) is 4.98 Å². The molecule has 0 saturated carbocycles. The molecule has 4 nitrogen and oxygen atoms in total. The van der Waals surface area contributed by atoms with E-state index in [0.29, 0.717) is 10.7 Å². The van der Waals surface area contributed by atoms with Crippen molar-refractivity contribution in [2.24, 2.45) is 0 Å². The third-order valence-electron chi connectivity index (χ3n) is 3.13. The molecule has 110 valence electrons. The Labute approximate surface area is 128 Å². The zero-order valence-corrected chi connectivity index (χ0v) is 13.0. The molecule has 0 aliphatic rings. The van der Waals surface area contributed by atoms with Crippen LogP contribution in [0.5, 0.6) is 0 Å². The molecular weight excluding hydrogens is 284 g/mol. The van der Waals surface area contributed by atoms with E-state index in [-0.39, 0.29) is 24.5 Å². The van der Waals surface area contributed by atoms with E-state index >= 15 is 0 Å². The van der Waals surface area contributed by atoms with E-state index in [9.17, 15) is 9.59 Å². The lowest BCUT2D eigenvalue weighted by molar-refractivity contribution is -0.116. The molecule has 0 atom stereocenters. The fourth-order valence-corrected chi connectivity index (χ4v) is 2.60. The van der Waals surface area contributed by atoms with Gasteiger partial charge in [0.05, 0.1) is 5.69 Å². The summed E-state index contributed by atoms with van der Waals surface area (Å²) in [4.78, 5) is 27.9. The number of nitrogens with one attached hydrogen (secondary N) is 1. The summed E-state index contributed by atoms with van der Waals surface area (Å²) in [6.07, 6.45) is 1.33. The normalized spacial score (nSPS) is 10.4. The molecule has 5 heteroatoms. The Balaban J connectivity index is 1.83. The minimum absolute atomic E-state index is 0.0110. The Hall–Kier alpha value is -2.01. The predicted molar refractivity (Wildman–Crippen MR) is 84.9 cm³/mol. The van der Waals surface area contributed by atoms with Gasteiger partial charge in [0.2, 0.25) is 5.91 Å². The Morgan fingerprint density at radius 1 is 1.19 bits per heavy atom. The second-order valence-corrected chi connectivity index (χ2v) is 5.67. The van der Waals surface area contributed by atoms with Crippen molar-refractivity contribution in [3.63, 3.8) is 0 Å². The van der Waals surface area contributed by atoms with Crippen molar-refractivity contribution in [1.29, 1.82) is 0 Å². The first-order valence-corrected chi connectivity index (χ1v) is 7.80. The molecule has 1 aromatic carbocycles. The number of aromatic nitrogens is 1. The average Bonchev–Trinajstić information content (AvgIpc) is 2.90. The van der Waals surface area contributed by atoms with Crippen LogP contribution in [-0.2, 0) is 11.2 Å². The lowest BCUT2D eigenvalue weighted by atomic mass is 10.0. The van der Waals surface area contributed by atoms with E-state index < -0.39 is 0 Å². The van der Waals surface area contributed by atoms with E-state index in [1.807, 2.05) is 36.6 Å². The van der Waals surface area contributed by atoms with Gasteiger partial charge in [0.15, 0.2) is 10.9 Å². The molecule has 0 spiro atoms. The van der Waals surface area contributed by atoms with Crippen LogP contribution in [0.15, 0.2) is 29.6 Å². The maximum atomic E-state index is 12.0.